The Bertz CT molecular complexity index is 646. The van der Waals surface area contributed by atoms with Gasteiger partial charge in [-0.05, 0) is 12.1 Å². The predicted molar refractivity (Wildman–Crippen MR) is 71.4 cm³/mol. The zero-order chi connectivity index (χ0) is 14.6. The Hall–Kier alpha value is -0.539. The fourth-order valence-electron chi connectivity index (χ4n) is 1.78. The Balaban J connectivity index is 0.00000220. The normalized spacial score (nSPS) is 10.8. The van der Waals surface area contributed by atoms with Crippen molar-refractivity contribution in [3.8, 4) is 5.75 Å². The molecular formula is C13H12BF3KNO2. The second-order valence-corrected chi connectivity index (χ2v) is 4.19. The van der Waals surface area contributed by atoms with E-state index < -0.39 is 12.4 Å². The zero-order valence-corrected chi connectivity index (χ0v) is 14.6. The predicted octanol–water partition coefficient (Wildman–Crippen LogP) is -1.01. The van der Waals surface area contributed by atoms with Crippen LogP contribution in [0, 0.1) is 0 Å². The van der Waals surface area contributed by atoms with E-state index in [9.17, 15) is 17.7 Å². The van der Waals surface area contributed by atoms with Gasteiger partial charge in [0, 0.05) is 12.3 Å². The molecule has 3 nitrogen and oxygen atoms in total. The van der Waals surface area contributed by atoms with Crippen molar-refractivity contribution in [1.29, 1.82) is 0 Å². The quantitative estimate of drug-likeness (QED) is 0.661. The molecule has 1 aromatic heterocycles. The maximum atomic E-state index is 12.8. The Kier molecular flexibility index (Phi) is 7.22. The van der Waals surface area contributed by atoms with Crippen LogP contribution < -0.4 is 67.1 Å². The molecule has 0 fully saturated rings. The van der Waals surface area contributed by atoms with Crippen LogP contribution in [0.4, 0.5) is 12.9 Å². The van der Waals surface area contributed by atoms with Gasteiger partial charge < -0.3 is 22.3 Å². The molecule has 8 heteroatoms. The van der Waals surface area contributed by atoms with Crippen LogP contribution in [0.5, 0.6) is 5.75 Å². The number of benzene rings is 1. The number of halogens is 3. The van der Waals surface area contributed by atoms with Gasteiger partial charge in [-0.15, -0.1) is 0 Å². The summed E-state index contributed by atoms with van der Waals surface area (Å²) in [6.07, 6.45) is 1.56. The molecular weight excluding hydrogens is 309 g/mol. The monoisotopic (exact) mass is 321 g/mol. The summed E-state index contributed by atoms with van der Waals surface area (Å²) in [6, 6.07) is 9.72. The topological polar surface area (TPSA) is 31.2 Å². The summed E-state index contributed by atoms with van der Waals surface area (Å²) < 4.78 is 44.9. The third kappa shape index (κ3) is 5.30. The first-order chi connectivity index (χ1) is 9.48. The second kappa shape index (κ2) is 8.19. The Morgan fingerprint density at radius 3 is 2.38 bits per heavy atom. The molecule has 2 rings (SSSR count). The summed E-state index contributed by atoms with van der Waals surface area (Å²) in [7, 11) is 0. The van der Waals surface area contributed by atoms with Crippen molar-refractivity contribution in [2.45, 2.75) is 6.54 Å². The zero-order valence-electron chi connectivity index (χ0n) is 11.5. The van der Waals surface area contributed by atoms with Crippen molar-refractivity contribution < 1.29 is 69.1 Å². The largest absolute Gasteiger partial charge is 1.00 e. The first-order valence-electron chi connectivity index (χ1n) is 6.05. The van der Waals surface area contributed by atoms with E-state index in [0.29, 0.717) is 0 Å². The number of aromatic nitrogens is 1. The second-order valence-electron chi connectivity index (χ2n) is 4.19. The van der Waals surface area contributed by atoms with E-state index in [-0.39, 0.29) is 75.8 Å². The molecule has 0 bridgehead atoms. The fourth-order valence-corrected chi connectivity index (χ4v) is 1.78. The van der Waals surface area contributed by atoms with Gasteiger partial charge in [-0.1, -0.05) is 29.7 Å². The van der Waals surface area contributed by atoms with Gasteiger partial charge in [0.25, 0.3) is 5.56 Å². The standard InChI is InChI=1S/C13H12BF3NO2.K/c15-14(16,17)11-5-1-2-6-12(11)20-10-9-18-8-4-3-7-13(18)19;/h1-8H,9-10H2;/q-1;+1. The molecule has 0 amide bonds. The molecule has 0 atom stereocenters. The molecule has 0 aliphatic rings. The summed E-state index contributed by atoms with van der Waals surface area (Å²) in [6.45, 7) is -4.93. The van der Waals surface area contributed by atoms with Crippen molar-refractivity contribution in [3.05, 3.63) is 59.0 Å². The van der Waals surface area contributed by atoms with Gasteiger partial charge in [0.1, 0.15) is 6.61 Å². The molecule has 0 saturated carbocycles. The molecule has 0 saturated heterocycles. The maximum absolute atomic E-state index is 12.8. The molecule has 106 valence electrons. The van der Waals surface area contributed by atoms with Crippen LogP contribution in [0.15, 0.2) is 53.5 Å². The SMILES string of the molecule is O=c1ccccn1CCOc1ccccc1[B-](F)(F)F.[K+]. The molecule has 2 aromatic rings. The summed E-state index contributed by atoms with van der Waals surface area (Å²) in [5.74, 6) is -0.205. The van der Waals surface area contributed by atoms with Gasteiger partial charge in [0.15, 0.2) is 0 Å². The number of para-hydroxylation sites is 1. The maximum Gasteiger partial charge on any atom is 1.00 e. The third-order valence-electron chi connectivity index (χ3n) is 2.76. The van der Waals surface area contributed by atoms with E-state index in [1.54, 1.807) is 18.3 Å². The van der Waals surface area contributed by atoms with Gasteiger partial charge in [-0.25, -0.2) is 0 Å². The molecule has 1 aromatic carbocycles. The van der Waals surface area contributed by atoms with Gasteiger partial charge >= 0.3 is 58.4 Å². The van der Waals surface area contributed by atoms with Crippen LogP contribution >= 0.6 is 0 Å². The Morgan fingerprint density at radius 1 is 1.05 bits per heavy atom. The number of rotatable bonds is 5. The molecule has 0 radical (unpaired) electrons. The molecule has 21 heavy (non-hydrogen) atoms. The third-order valence-corrected chi connectivity index (χ3v) is 2.76. The summed E-state index contributed by atoms with van der Waals surface area (Å²) >= 11 is 0. The van der Waals surface area contributed by atoms with Crippen molar-refractivity contribution in [3.63, 3.8) is 0 Å². The fraction of sp³-hybridized carbons (Fsp3) is 0.154. The first-order valence-corrected chi connectivity index (χ1v) is 6.05. The molecule has 0 aliphatic carbocycles. The van der Waals surface area contributed by atoms with Gasteiger partial charge in [0.2, 0.25) is 0 Å². The van der Waals surface area contributed by atoms with Crippen LogP contribution in [-0.4, -0.2) is 18.2 Å². The van der Waals surface area contributed by atoms with E-state index in [1.807, 2.05) is 0 Å². The number of hydrogen-bond donors (Lipinski definition) is 0. The van der Waals surface area contributed by atoms with E-state index in [2.05, 4.69) is 0 Å². The Labute approximate surface area is 162 Å². The van der Waals surface area contributed by atoms with E-state index in [1.165, 1.54) is 28.8 Å². The Morgan fingerprint density at radius 2 is 1.71 bits per heavy atom. The van der Waals surface area contributed by atoms with Crippen molar-refractivity contribution in [1.82, 2.24) is 4.57 Å². The minimum absolute atomic E-state index is 0. The average Bonchev–Trinajstić information content (AvgIpc) is 2.40. The minimum Gasteiger partial charge on any atom is -0.495 e. The van der Waals surface area contributed by atoms with Crippen LogP contribution in [0.1, 0.15) is 0 Å². The molecule has 1 heterocycles. The summed E-state index contributed by atoms with van der Waals surface area (Å²) in [4.78, 5) is 11.4. The number of nitrogens with zero attached hydrogens (tertiary/aromatic N) is 1. The van der Waals surface area contributed by atoms with Crippen LogP contribution in [0.25, 0.3) is 0 Å². The number of pyridine rings is 1. The van der Waals surface area contributed by atoms with Gasteiger partial charge in [0.05, 0.1) is 12.3 Å². The van der Waals surface area contributed by atoms with Crippen molar-refractivity contribution in [2.24, 2.45) is 0 Å². The van der Waals surface area contributed by atoms with Crippen molar-refractivity contribution in [2.75, 3.05) is 6.61 Å². The summed E-state index contributed by atoms with van der Waals surface area (Å²) in [5, 5.41) is 0. The van der Waals surface area contributed by atoms with Crippen molar-refractivity contribution >= 4 is 12.4 Å². The molecule has 0 N–H and O–H groups in total. The van der Waals surface area contributed by atoms with Crippen LogP contribution in [0.2, 0.25) is 0 Å². The summed E-state index contributed by atoms with van der Waals surface area (Å²) in [5.41, 5.74) is -0.975. The number of hydrogen-bond acceptors (Lipinski definition) is 2. The van der Waals surface area contributed by atoms with E-state index in [4.69, 9.17) is 4.74 Å². The smallest absolute Gasteiger partial charge is 0.495 e. The van der Waals surface area contributed by atoms with E-state index >= 15 is 0 Å². The van der Waals surface area contributed by atoms with Crippen LogP contribution in [0.3, 0.4) is 0 Å². The van der Waals surface area contributed by atoms with Gasteiger partial charge in [-0.2, -0.15) is 0 Å². The van der Waals surface area contributed by atoms with Crippen LogP contribution in [-0.2, 0) is 6.54 Å². The molecule has 0 aliphatic heterocycles. The first kappa shape index (κ1) is 18.5. The number of ether oxygens (including phenoxy) is 1. The molecule has 0 unspecified atom stereocenters. The van der Waals surface area contributed by atoms with Gasteiger partial charge in [-0.3, -0.25) is 4.79 Å². The van der Waals surface area contributed by atoms with E-state index in [0.717, 1.165) is 6.07 Å². The average molecular weight is 321 g/mol. The molecule has 0 spiro atoms. The minimum atomic E-state index is -5.11.